The van der Waals surface area contributed by atoms with E-state index in [9.17, 15) is 4.79 Å². The normalized spacial score (nSPS) is 14.5. The van der Waals surface area contributed by atoms with Gasteiger partial charge in [-0.2, -0.15) is 0 Å². The Kier molecular flexibility index (Phi) is 8.59. The summed E-state index contributed by atoms with van der Waals surface area (Å²) in [4.78, 5) is 11.4. The Bertz CT molecular complexity index is 311. The molecular weight excluding hydrogens is 198 g/mol. The fourth-order valence-electron chi connectivity index (χ4n) is 1.92. The van der Waals surface area contributed by atoms with Crippen molar-refractivity contribution in [2.75, 3.05) is 0 Å². The van der Waals surface area contributed by atoms with Crippen molar-refractivity contribution in [3.63, 3.8) is 0 Å². The topological polar surface area (TPSA) is 22.0 Å². The summed E-state index contributed by atoms with van der Waals surface area (Å²) >= 11 is 0. The Labute approximate surface area is 99.3 Å². The first kappa shape index (κ1) is 14.9. The number of nitrogens with zero attached hydrogens (tertiary/aromatic N) is 1. The van der Waals surface area contributed by atoms with Crippen LogP contribution < -0.4 is 5.56 Å². The third-order valence-electron chi connectivity index (χ3n) is 2.57. The first-order valence-corrected chi connectivity index (χ1v) is 6.55. The van der Waals surface area contributed by atoms with Crippen molar-refractivity contribution in [3.05, 3.63) is 34.7 Å². The van der Waals surface area contributed by atoms with Gasteiger partial charge in [0.1, 0.15) is 0 Å². The molecule has 0 bridgehead atoms. The van der Waals surface area contributed by atoms with Crippen LogP contribution in [0.1, 0.15) is 59.4 Å². The van der Waals surface area contributed by atoms with Gasteiger partial charge in [-0.05, 0) is 18.9 Å². The summed E-state index contributed by atoms with van der Waals surface area (Å²) in [6.07, 6.45) is 6.78. The van der Waals surface area contributed by atoms with Crippen LogP contribution in [-0.2, 0) is 0 Å². The number of aromatic nitrogens is 1. The van der Waals surface area contributed by atoms with Gasteiger partial charge >= 0.3 is 0 Å². The largest absolute Gasteiger partial charge is 0.312 e. The number of hydrogen-bond acceptors (Lipinski definition) is 1. The lowest BCUT2D eigenvalue weighted by molar-refractivity contribution is 0.502. The maximum absolute atomic E-state index is 11.4. The third kappa shape index (κ3) is 4.21. The molecule has 0 spiro atoms. The smallest absolute Gasteiger partial charge is 0.250 e. The standard InChI is InChI=1S/C10H13NO.2C2H6/c12-10-7-3-4-8-11(10)9-5-1-2-6-9;2*1-2/h3-4,7-9H,1-2,5-6H2;2*1-2H3. The van der Waals surface area contributed by atoms with E-state index in [4.69, 9.17) is 0 Å². The molecule has 0 atom stereocenters. The Morgan fingerprint density at radius 2 is 1.62 bits per heavy atom. The van der Waals surface area contributed by atoms with Crippen LogP contribution in [0.25, 0.3) is 0 Å². The summed E-state index contributed by atoms with van der Waals surface area (Å²) in [5.41, 5.74) is 0.143. The molecular formula is C14H25NO. The van der Waals surface area contributed by atoms with E-state index in [1.165, 1.54) is 25.7 Å². The minimum absolute atomic E-state index is 0.143. The molecule has 0 aliphatic heterocycles. The van der Waals surface area contributed by atoms with Crippen molar-refractivity contribution in [2.45, 2.75) is 59.4 Å². The van der Waals surface area contributed by atoms with E-state index in [-0.39, 0.29) is 5.56 Å². The predicted octanol–water partition coefficient (Wildman–Crippen LogP) is 4.02. The van der Waals surface area contributed by atoms with E-state index in [0.717, 1.165) is 0 Å². The van der Waals surface area contributed by atoms with Crippen LogP contribution in [0.5, 0.6) is 0 Å². The summed E-state index contributed by atoms with van der Waals surface area (Å²) < 4.78 is 1.87. The van der Waals surface area contributed by atoms with Crippen LogP contribution in [0.3, 0.4) is 0 Å². The average molecular weight is 223 g/mol. The van der Waals surface area contributed by atoms with Crippen LogP contribution in [0, 0.1) is 0 Å². The van der Waals surface area contributed by atoms with Gasteiger partial charge in [0.05, 0.1) is 0 Å². The van der Waals surface area contributed by atoms with Crippen molar-refractivity contribution in [1.29, 1.82) is 0 Å². The fraction of sp³-hybridized carbons (Fsp3) is 0.643. The first-order chi connectivity index (χ1) is 7.88. The third-order valence-corrected chi connectivity index (χ3v) is 2.57. The molecule has 1 aliphatic carbocycles. The lowest BCUT2D eigenvalue weighted by atomic mass is 10.2. The molecule has 0 unspecified atom stereocenters. The molecule has 0 aromatic carbocycles. The van der Waals surface area contributed by atoms with Gasteiger partial charge in [-0.1, -0.05) is 46.6 Å². The highest BCUT2D eigenvalue weighted by molar-refractivity contribution is 4.95. The van der Waals surface area contributed by atoms with Crippen LogP contribution in [0.15, 0.2) is 29.2 Å². The highest BCUT2D eigenvalue weighted by Crippen LogP contribution is 2.27. The summed E-state index contributed by atoms with van der Waals surface area (Å²) in [7, 11) is 0. The second-order valence-electron chi connectivity index (χ2n) is 3.38. The van der Waals surface area contributed by atoms with Crippen LogP contribution >= 0.6 is 0 Å². The molecule has 2 nitrogen and oxygen atoms in total. The molecule has 0 radical (unpaired) electrons. The average Bonchev–Trinajstić information content (AvgIpc) is 2.88. The zero-order valence-corrected chi connectivity index (χ0v) is 11.1. The number of pyridine rings is 1. The molecule has 16 heavy (non-hydrogen) atoms. The van der Waals surface area contributed by atoms with Crippen molar-refractivity contribution >= 4 is 0 Å². The zero-order valence-electron chi connectivity index (χ0n) is 11.1. The quantitative estimate of drug-likeness (QED) is 0.705. The summed E-state index contributed by atoms with van der Waals surface area (Å²) in [5.74, 6) is 0. The van der Waals surface area contributed by atoms with Gasteiger partial charge in [0.2, 0.25) is 0 Å². The van der Waals surface area contributed by atoms with Gasteiger partial charge in [0.15, 0.2) is 0 Å². The first-order valence-electron chi connectivity index (χ1n) is 6.55. The Morgan fingerprint density at radius 1 is 1.06 bits per heavy atom. The molecule has 2 heteroatoms. The van der Waals surface area contributed by atoms with Crippen molar-refractivity contribution in [1.82, 2.24) is 4.57 Å². The highest BCUT2D eigenvalue weighted by atomic mass is 16.1. The van der Waals surface area contributed by atoms with Gasteiger partial charge in [0.25, 0.3) is 5.56 Å². The van der Waals surface area contributed by atoms with E-state index < -0.39 is 0 Å². The highest BCUT2D eigenvalue weighted by Gasteiger charge is 2.16. The van der Waals surface area contributed by atoms with E-state index >= 15 is 0 Å². The van der Waals surface area contributed by atoms with Crippen LogP contribution in [-0.4, -0.2) is 4.57 Å². The van der Waals surface area contributed by atoms with E-state index in [2.05, 4.69) is 0 Å². The Morgan fingerprint density at radius 3 is 2.12 bits per heavy atom. The minimum Gasteiger partial charge on any atom is -0.312 e. The van der Waals surface area contributed by atoms with Gasteiger partial charge in [0, 0.05) is 18.3 Å². The fourth-order valence-corrected chi connectivity index (χ4v) is 1.92. The zero-order chi connectivity index (χ0) is 12.4. The molecule has 1 fully saturated rings. The molecule has 2 rings (SSSR count). The summed E-state index contributed by atoms with van der Waals surface area (Å²) in [5, 5.41) is 0. The SMILES string of the molecule is CC.CC.O=c1ccccn1C1CCCC1. The monoisotopic (exact) mass is 223 g/mol. The lowest BCUT2D eigenvalue weighted by Crippen LogP contribution is -2.21. The number of hydrogen-bond donors (Lipinski definition) is 0. The molecule has 1 aromatic rings. The molecule has 1 aromatic heterocycles. The van der Waals surface area contributed by atoms with Gasteiger partial charge in [-0.25, -0.2) is 0 Å². The summed E-state index contributed by atoms with van der Waals surface area (Å²) in [6.45, 7) is 8.00. The molecule has 92 valence electrons. The molecule has 0 N–H and O–H groups in total. The molecule has 1 saturated carbocycles. The maximum Gasteiger partial charge on any atom is 0.250 e. The van der Waals surface area contributed by atoms with Gasteiger partial charge < -0.3 is 4.57 Å². The second-order valence-corrected chi connectivity index (χ2v) is 3.38. The van der Waals surface area contributed by atoms with Crippen molar-refractivity contribution < 1.29 is 0 Å². The molecule has 1 heterocycles. The Balaban J connectivity index is 0.000000509. The van der Waals surface area contributed by atoms with Gasteiger partial charge in [-0.15, -0.1) is 0 Å². The predicted molar refractivity (Wildman–Crippen MR) is 70.9 cm³/mol. The number of rotatable bonds is 1. The van der Waals surface area contributed by atoms with Crippen LogP contribution in [0.2, 0.25) is 0 Å². The van der Waals surface area contributed by atoms with Crippen molar-refractivity contribution in [2.24, 2.45) is 0 Å². The summed E-state index contributed by atoms with van der Waals surface area (Å²) in [6, 6.07) is 5.84. The Hall–Kier alpha value is -1.05. The van der Waals surface area contributed by atoms with E-state index in [1.54, 1.807) is 12.1 Å². The molecule has 0 saturated heterocycles. The molecule has 0 amide bonds. The maximum atomic E-state index is 11.4. The van der Waals surface area contributed by atoms with E-state index in [0.29, 0.717) is 6.04 Å². The van der Waals surface area contributed by atoms with Crippen LogP contribution in [0.4, 0.5) is 0 Å². The lowest BCUT2D eigenvalue weighted by Gasteiger charge is -2.11. The molecule has 1 aliphatic rings. The minimum atomic E-state index is 0.143. The second kappa shape index (κ2) is 9.20. The van der Waals surface area contributed by atoms with Crippen molar-refractivity contribution in [3.8, 4) is 0 Å². The van der Waals surface area contributed by atoms with Gasteiger partial charge in [-0.3, -0.25) is 4.79 Å². The van der Waals surface area contributed by atoms with E-state index in [1.807, 2.05) is 44.5 Å².